The lowest BCUT2D eigenvalue weighted by Gasteiger charge is -2.29. The Hall–Kier alpha value is -1.95. The number of carbonyl (C=O) groups is 1. The van der Waals surface area contributed by atoms with Crippen molar-refractivity contribution >= 4 is 27.5 Å². The van der Waals surface area contributed by atoms with Crippen LogP contribution in [-0.4, -0.2) is 12.5 Å². The largest absolute Gasteiger partial charge is 0.482 e. The van der Waals surface area contributed by atoms with E-state index in [1.807, 2.05) is 0 Å². The van der Waals surface area contributed by atoms with Gasteiger partial charge in [-0.25, -0.2) is 8.78 Å². The molecule has 1 aliphatic rings. The van der Waals surface area contributed by atoms with E-state index in [0.29, 0.717) is 11.4 Å². The van der Waals surface area contributed by atoms with Crippen LogP contribution in [0.2, 0.25) is 0 Å². The molecule has 0 aromatic heterocycles. The summed E-state index contributed by atoms with van der Waals surface area (Å²) < 4.78 is 33.4. The minimum atomic E-state index is -0.702. The molecule has 3 nitrogen and oxygen atoms in total. The van der Waals surface area contributed by atoms with Gasteiger partial charge in [0.1, 0.15) is 17.4 Å². The van der Waals surface area contributed by atoms with Gasteiger partial charge < -0.3 is 9.64 Å². The number of rotatable bonds is 2. The summed E-state index contributed by atoms with van der Waals surface area (Å²) in [5.41, 5.74) is 0.349. The fourth-order valence-corrected chi connectivity index (χ4v) is 2.57. The van der Waals surface area contributed by atoms with Crippen molar-refractivity contribution in [1.29, 1.82) is 0 Å². The summed E-state index contributed by atoms with van der Waals surface area (Å²) in [4.78, 5) is 13.3. The Bertz CT molecular complexity index is 721. The number of ether oxygens (including phenoxy) is 1. The van der Waals surface area contributed by atoms with Crippen LogP contribution in [0.25, 0.3) is 0 Å². The number of halogens is 3. The Labute approximate surface area is 128 Å². The molecule has 0 radical (unpaired) electrons. The lowest BCUT2D eigenvalue weighted by Crippen LogP contribution is -2.38. The van der Waals surface area contributed by atoms with Crippen LogP contribution in [0.5, 0.6) is 5.75 Å². The number of amides is 1. The van der Waals surface area contributed by atoms with Crippen LogP contribution < -0.4 is 9.64 Å². The standard InChI is InChI=1S/C15H10BrF2NO2/c16-10-5-6-11(17)9(15(10)18)7-19-12-3-1-2-4-13(12)21-8-14(19)20/h1-6H,7-8H2. The molecule has 0 aliphatic carbocycles. The Morgan fingerprint density at radius 2 is 1.95 bits per heavy atom. The van der Waals surface area contributed by atoms with Crippen LogP contribution in [-0.2, 0) is 11.3 Å². The molecule has 0 spiro atoms. The monoisotopic (exact) mass is 353 g/mol. The van der Waals surface area contributed by atoms with E-state index in [4.69, 9.17) is 4.74 Å². The highest BCUT2D eigenvalue weighted by Crippen LogP contribution is 2.33. The van der Waals surface area contributed by atoms with Gasteiger partial charge in [-0.2, -0.15) is 0 Å². The fraction of sp³-hybridized carbons (Fsp3) is 0.133. The van der Waals surface area contributed by atoms with Crippen molar-refractivity contribution in [3.8, 4) is 5.75 Å². The van der Waals surface area contributed by atoms with Gasteiger partial charge in [0.2, 0.25) is 0 Å². The van der Waals surface area contributed by atoms with E-state index in [0.717, 1.165) is 0 Å². The van der Waals surface area contributed by atoms with Crippen LogP contribution in [0.1, 0.15) is 5.56 Å². The first-order valence-electron chi connectivity index (χ1n) is 6.22. The highest BCUT2D eigenvalue weighted by molar-refractivity contribution is 9.10. The quantitative estimate of drug-likeness (QED) is 0.771. The number of nitrogens with zero attached hydrogens (tertiary/aromatic N) is 1. The van der Waals surface area contributed by atoms with Gasteiger partial charge in [0.15, 0.2) is 6.61 Å². The maximum atomic E-state index is 14.1. The van der Waals surface area contributed by atoms with Gasteiger partial charge in [0, 0.05) is 5.56 Å². The lowest BCUT2D eigenvalue weighted by atomic mass is 10.1. The Morgan fingerprint density at radius 1 is 1.19 bits per heavy atom. The first kappa shape index (κ1) is 14.0. The summed E-state index contributed by atoms with van der Waals surface area (Å²) in [5, 5.41) is 0. The maximum absolute atomic E-state index is 14.1. The smallest absolute Gasteiger partial charge is 0.265 e. The van der Waals surface area contributed by atoms with Crippen molar-refractivity contribution < 1.29 is 18.3 Å². The van der Waals surface area contributed by atoms with Gasteiger partial charge in [-0.3, -0.25) is 4.79 Å². The first-order valence-corrected chi connectivity index (χ1v) is 7.02. The topological polar surface area (TPSA) is 29.5 Å². The van der Waals surface area contributed by atoms with E-state index in [1.54, 1.807) is 24.3 Å². The summed E-state index contributed by atoms with van der Waals surface area (Å²) in [5.74, 6) is -1.21. The van der Waals surface area contributed by atoms with Crippen molar-refractivity contribution in [1.82, 2.24) is 0 Å². The number of fused-ring (bicyclic) bond motifs is 1. The molecule has 0 saturated carbocycles. The van der Waals surface area contributed by atoms with Crippen molar-refractivity contribution in [2.75, 3.05) is 11.5 Å². The molecule has 0 atom stereocenters. The predicted octanol–water partition coefficient (Wildman–Crippen LogP) is 3.65. The summed E-state index contributed by atoms with van der Waals surface area (Å²) >= 11 is 3.02. The normalized spacial score (nSPS) is 13.9. The minimum Gasteiger partial charge on any atom is -0.482 e. The third-order valence-corrected chi connectivity index (χ3v) is 3.88. The van der Waals surface area contributed by atoms with E-state index in [2.05, 4.69) is 15.9 Å². The molecule has 0 unspecified atom stereocenters. The molecule has 0 saturated heterocycles. The van der Waals surface area contributed by atoms with E-state index in [9.17, 15) is 13.6 Å². The molecule has 0 fully saturated rings. The number of para-hydroxylation sites is 2. The zero-order valence-electron chi connectivity index (χ0n) is 10.8. The third-order valence-electron chi connectivity index (χ3n) is 3.26. The van der Waals surface area contributed by atoms with Gasteiger partial charge in [0.05, 0.1) is 16.7 Å². The molecule has 108 valence electrons. The van der Waals surface area contributed by atoms with E-state index in [-0.39, 0.29) is 29.1 Å². The minimum absolute atomic E-state index is 0.145. The maximum Gasteiger partial charge on any atom is 0.265 e. The average Bonchev–Trinajstić information content (AvgIpc) is 2.49. The van der Waals surface area contributed by atoms with Gasteiger partial charge in [-0.1, -0.05) is 12.1 Å². The SMILES string of the molecule is O=C1COc2ccccc2N1Cc1c(F)ccc(Br)c1F. The Kier molecular flexibility index (Phi) is 3.63. The molecule has 2 aromatic carbocycles. The van der Waals surface area contributed by atoms with Gasteiger partial charge in [-0.15, -0.1) is 0 Å². The zero-order chi connectivity index (χ0) is 15.0. The van der Waals surface area contributed by atoms with Crippen molar-refractivity contribution in [2.24, 2.45) is 0 Å². The van der Waals surface area contributed by atoms with Crippen LogP contribution in [0.3, 0.4) is 0 Å². The van der Waals surface area contributed by atoms with E-state index in [1.165, 1.54) is 17.0 Å². The number of benzene rings is 2. The number of anilines is 1. The van der Waals surface area contributed by atoms with Gasteiger partial charge >= 0.3 is 0 Å². The molecule has 2 aromatic rings. The summed E-state index contributed by atoms with van der Waals surface area (Å²) in [6.07, 6.45) is 0. The second kappa shape index (κ2) is 5.44. The molecule has 1 heterocycles. The van der Waals surface area contributed by atoms with Crippen LogP contribution in [0.15, 0.2) is 40.9 Å². The van der Waals surface area contributed by atoms with Crippen LogP contribution in [0, 0.1) is 11.6 Å². The van der Waals surface area contributed by atoms with Crippen molar-refractivity contribution in [2.45, 2.75) is 6.54 Å². The molecule has 21 heavy (non-hydrogen) atoms. The molecule has 1 aliphatic heterocycles. The molecule has 0 bridgehead atoms. The second-order valence-electron chi connectivity index (χ2n) is 4.56. The van der Waals surface area contributed by atoms with Gasteiger partial charge in [0.25, 0.3) is 5.91 Å². The number of carbonyl (C=O) groups excluding carboxylic acids is 1. The van der Waals surface area contributed by atoms with Crippen LogP contribution in [0.4, 0.5) is 14.5 Å². The number of hydrogen-bond donors (Lipinski definition) is 0. The average molecular weight is 354 g/mol. The molecular weight excluding hydrogens is 344 g/mol. The lowest BCUT2D eigenvalue weighted by molar-refractivity contribution is -0.121. The highest BCUT2D eigenvalue weighted by atomic mass is 79.9. The summed E-state index contributed by atoms with van der Waals surface area (Å²) in [6, 6.07) is 9.36. The predicted molar refractivity (Wildman–Crippen MR) is 77.2 cm³/mol. The highest BCUT2D eigenvalue weighted by Gasteiger charge is 2.27. The fourth-order valence-electron chi connectivity index (χ4n) is 2.20. The first-order chi connectivity index (χ1) is 10.1. The van der Waals surface area contributed by atoms with Crippen molar-refractivity contribution in [3.63, 3.8) is 0 Å². The number of hydrogen-bond acceptors (Lipinski definition) is 2. The van der Waals surface area contributed by atoms with Gasteiger partial charge in [-0.05, 0) is 40.2 Å². The van der Waals surface area contributed by atoms with E-state index < -0.39 is 11.6 Å². The van der Waals surface area contributed by atoms with E-state index >= 15 is 0 Å². The molecule has 3 rings (SSSR count). The Balaban J connectivity index is 2.02. The molecular formula is C15H10BrF2NO2. The van der Waals surface area contributed by atoms with Crippen molar-refractivity contribution in [3.05, 3.63) is 58.1 Å². The second-order valence-corrected chi connectivity index (χ2v) is 5.41. The molecule has 1 amide bonds. The molecule has 0 N–H and O–H groups in total. The zero-order valence-corrected chi connectivity index (χ0v) is 12.4. The Morgan fingerprint density at radius 3 is 2.76 bits per heavy atom. The molecule has 6 heteroatoms. The van der Waals surface area contributed by atoms with Crippen LogP contribution >= 0.6 is 15.9 Å². The third kappa shape index (κ3) is 2.51. The summed E-state index contributed by atoms with van der Waals surface area (Å²) in [6.45, 7) is -0.329. The summed E-state index contributed by atoms with van der Waals surface area (Å²) in [7, 11) is 0.